The van der Waals surface area contributed by atoms with Crippen molar-refractivity contribution in [2.45, 2.75) is 33.4 Å². The maximum atomic E-state index is 13.8. The topological polar surface area (TPSA) is 149 Å². The molecule has 10 nitrogen and oxygen atoms in total. The summed E-state index contributed by atoms with van der Waals surface area (Å²) in [5.41, 5.74) is 9.55. The second-order valence-corrected chi connectivity index (χ2v) is 10.2. The smallest absolute Gasteiger partial charge is 0.265 e. The van der Waals surface area contributed by atoms with Gasteiger partial charge in [-0.15, -0.1) is 0 Å². The first-order valence-corrected chi connectivity index (χ1v) is 13.2. The van der Waals surface area contributed by atoms with Crippen LogP contribution in [0.15, 0.2) is 53.5 Å². The van der Waals surface area contributed by atoms with E-state index in [-0.39, 0.29) is 37.1 Å². The van der Waals surface area contributed by atoms with Crippen molar-refractivity contribution in [3.63, 3.8) is 0 Å². The summed E-state index contributed by atoms with van der Waals surface area (Å²) >= 11 is 0. The number of anilines is 2. The highest BCUT2D eigenvalue weighted by Gasteiger charge is 2.29. The largest absolute Gasteiger partial charge is 0.482 e. The Morgan fingerprint density at radius 3 is 2.69 bits per heavy atom. The zero-order valence-corrected chi connectivity index (χ0v) is 23.0. The van der Waals surface area contributed by atoms with Gasteiger partial charge in [-0.25, -0.2) is 18.7 Å². The molecule has 2 aromatic heterocycles. The van der Waals surface area contributed by atoms with Crippen LogP contribution in [0.3, 0.4) is 0 Å². The third-order valence-electron chi connectivity index (χ3n) is 6.76. The van der Waals surface area contributed by atoms with Crippen molar-refractivity contribution in [1.82, 2.24) is 9.97 Å². The monoisotopic (exact) mass is 575 g/mol. The van der Waals surface area contributed by atoms with Gasteiger partial charge in [0.2, 0.25) is 0 Å². The number of hydrogen-bond acceptors (Lipinski definition) is 7. The first-order valence-electron chi connectivity index (χ1n) is 13.2. The number of fused-ring (bicyclic) bond motifs is 1. The van der Waals surface area contributed by atoms with Crippen LogP contribution in [0.5, 0.6) is 5.75 Å². The molecule has 1 aliphatic rings. The lowest BCUT2D eigenvalue weighted by Crippen LogP contribution is -2.38. The molecule has 0 saturated heterocycles. The molecule has 2 amide bonds. The first-order chi connectivity index (χ1) is 20.2. The van der Waals surface area contributed by atoms with Crippen LogP contribution < -0.4 is 26.1 Å². The molecule has 5 N–H and O–H groups in total. The molecule has 0 fully saturated rings. The number of hydrogen-bond donors (Lipinski definition) is 3. The summed E-state index contributed by atoms with van der Waals surface area (Å²) in [6.07, 6.45) is 4.63. The molecule has 0 bridgehead atoms. The third kappa shape index (κ3) is 5.69. The van der Waals surface area contributed by atoms with E-state index in [0.29, 0.717) is 57.3 Å². The van der Waals surface area contributed by atoms with Crippen LogP contribution in [-0.4, -0.2) is 34.6 Å². The molecule has 2 aromatic carbocycles. The van der Waals surface area contributed by atoms with Crippen LogP contribution in [0.4, 0.5) is 20.3 Å². The average Bonchev–Trinajstić information content (AvgIpc) is 3.48. The molecule has 0 radical (unpaired) electrons. The fourth-order valence-electron chi connectivity index (χ4n) is 4.90. The number of halogens is 2. The normalized spacial score (nSPS) is 12.7. The molecule has 0 spiro atoms. The van der Waals surface area contributed by atoms with Crippen molar-refractivity contribution in [2.24, 2.45) is 11.7 Å². The van der Waals surface area contributed by atoms with Crippen LogP contribution in [0.2, 0.25) is 0 Å². The van der Waals surface area contributed by atoms with Gasteiger partial charge in [0.05, 0.1) is 41.3 Å². The number of oxazole rings is 1. The Kier molecular flexibility index (Phi) is 7.96. The van der Waals surface area contributed by atoms with Crippen molar-refractivity contribution in [3.8, 4) is 16.9 Å². The Bertz CT molecular complexity index is 1670. The second kappa shape index (κ2) is 11.8. The van der Waals surface area contributed by atoms with Crippen molar-refractivity contribution < 1.29 is 32.9 Å². The van der Waals surface area contributed by atoms with Gasteiger partial charge in [0.25, 0.3) is 11.8 Å². The summed E-state index contributed by atoms with van der Waals surface area (Å²) in [5, 5.41) is 9.34. The lowest BCUT2D eigenvalue weighted by Gasteiger charge is -2.30. The Hall–Kier alpha value is -5.13. The van der Waals surface area contributed by atoms with E-state index in [0.717, 1.165) is 12.1 Å². The molecule has 5 rings (SSSR count). The molecule has 1 aliphatic heterocycles. The molecule has 42 heavy (non-hydrogen) atoms. The first kappa shape index (κ1) is 28.4. The lowest BCUT2D eigenvalue weighted by molar-refractivity contribution is -0.121. The van der Waals surface area contributed by atoms with Crippen molar-refractivity contribution in [2.75, 3.05) is 16.8 Å². The summed E-state index contributed by atoms with van der Waals surface area (Å²) in [5.74, 6) is -2.07. The number of primary amides is 1. The number of nitrogens with one attached hydrogen (secondary N) is 1. The van der Waals surface area contributed by atoms with E-state index in [1.807, 2.05) is 13.8 Å². The Labute approximate surface area is 240 Å². The fourth-order valence-corrected chi connectivity index (χ4v) is 4.90. The number of benzene rings is 2. The maximum Gasteiger partial charge on any atom is 0.265 e. The molecular weight excluding hydrogens is 546 g/mol. The van der Waals surface area contributed by atoms with Crippen LogP contribution in [0.25, 0.3) is 11.1 Å². The SMILES string of the molecule is CC(C)Cc1nc(NCc2cocn2)c(C=[NH2+])c(-c2ccc3c(c2)OCC(=O)N3Cc2ccc(F)c(F)c2)c1C(N)=O. The predicted molar refractivity (Wildman–Crippen MR) is 151 cm³/mol. The summed E-state index contributed by atoms with van der Waals surface area (Å²) in [6.45, 7) is 4.03. The van der Waals surface area contributed by atoms with Crippen LogP contribution in [0.1, 0.15) is 46.7 Å². The molecule has 0 unspecified atom stereocenters. The second-order valence-electron chi connectivity index (χ2n) is 10.2. The molecular formula is C30H29F2N6O4+. The average molecular weight is 576 g/mol. The van der Waals surface area contributed by atoms with E-state index in [1.54, 1.807) is 18.2 Å². The number of amides is 2. The van der Waals surface area contributed by atoms with E-state index in [1.165, 1.54) is 29.8 Å². The van der Waals surface area contributed by atoms with Crippen molar-refractivity contribution >= 4 is 29.5 Å². The number of nitrogens with two attached hydrogens (primary N) is 2. The number of ether oxygens (including phenoxy) is 1. The molecule has 3 heterocycles. The molecule has 216 valence electrons. The third-order valence-corrected chi connectivity index (χ3v) is 6.76. The Balaban J connectivity index is 1.61. The van der Waals surface area contributed by atoms with Gasteiger partial charge in [0.1, 0.15) is 17.8 Å². The van der Waals surface area contributed by atoms with Gasteiger partial charge < -0.3 is 25.1 Å². The fraction of sp³-hybridized carbons (Fsp3) is 0.233. The van der Waals surface area contributed by atoms with Gasteiger partial charge in [-0.2, -0.15) is 0 Å². The van der Waals surface area contributed by atoms with Crippen LogP contribution in [0, 0.1) is 17.6 Å². The van der Waals surface area contributed by atoms with Gasteiger partial charge in [-0.1, -0.05) is 26.0 Å². The quantitative estimate of drug-likeness (QED) is 0.246. The lowest BCUT2D eigenvalue weighted by atomic mass is 9.90. The predicted octanol–water partition coefficient (Wildman–Crippen LogP) is 3.03. The highest BCUT2D eigenvalue weighted by atomic mass is 19.2. The number of aromatic nitrogens is 2. The zero-order chi connectivity index (χ0) is 30.0. The standard InChI is InChI=1S/C30H28F2N6O4/c1-16(2)7-23-28(29(34)40)27(20(10-33)30(37-23)35-11-19-13-41-15-36-19)18-4-6-24-25(9-18)42-14-26(39)38(24)12-17-3-5-21(31)22(32)8-17/h3-6,8-10,13,15-16,33H,7,11-12,14H2,1-2H3,(H2,34,40)(H,35,37)/p+1. The van der Waals surface area contributed by atoms with Gasteiger partial charge in [0, 0.05) is 5.56 Å². The van der Waals surface area contributed by atoms with E-state index in [4.69, 9.17) is 25.3 Å². The Morgan fingerprint density at radius 2 is 2.02 bits per heavy atom. The number of rotatable bonds is 10. The molecule has 12 heteroatoms. The van der Waals surface area contributed by atoms with Crippen molar-refractivity contribution in [1.29, 1.82) is 0 Å². The highest BCUT2D eigenvalue weighted by Crippen LogP contribution is 2.40. The van der Waals surface area contributed by atoms with Gasteiger partial charge >= 0.3 is 0 Å². The number of carbonyl (C=O) groups excluding carboxylic acids is 2. The van der Waals surface area contributed by atoms with Gasteiger partial charge in [-0.3, -0.25) is 15.0 Å². The summed E-state index contributed by atoms with van der Waals surface area (Å²) in [4.78, 5) is 36.0. The number of carbonyl (C=O) groups is 2. The number of nitrogens with zero attached hydrogens (tertiary/aromatic N) is 3. The summed E-state index contributed by atoms with van der Waals surface area (Å²) in [6, 6.07) is 8.55. The maximum absolute atomic E-state index is 13.8. The minimum absolute atomic E-state index is 0.00398. The van der Waals surface area contributed by atoms with E-state index in [2.05, 4.69) is 10.3 Å². The van der Waals surface area contributed by atoms with E-state index in [9.17, 15) is 18.4 Å². The minimum atomic E-state index is -1.00. The zero-order valence-electron chi connectivity index (χ0n) is 23.0. The summed E-state index contributed by atoms with van der Waals surface area (Å²) in [7, 11) is 0. The van der Waals surface area contributed by atoms with Crippen molar-refractivity contribution in [3.05, 3.63) is 88.8 Å². The highest BCUT2D eigenvalue weighted by molar-refractivity contribution is 6.07. The van der Waals surface area contributed by atoms with E-state index >= 15 is 0 Å². The minimum Gasteiger partial charge on any atom is -0.482 e. The number of pyridine rings is 1. The van der Waals surface area contributed by atoms with Crippen LogP contribution in [-0.2, 0) is 24.3 Å². The molecule has 0 atom stereocenters. The molecule has 0 aliphatic carbocycles. The van der Waals surface area contributed by atoms with Crippen LogP contribution >= 0.6 is 0 Å². The summed E-state index contributed by atoms with van der Waals surface area (Å²) < 4.78 is 38.1. The molecule has 0 saturated carbocycles. The van der Waals surface area contributed by atoms with Gasteiger partial charge in [-0.05, 0) is 47.7 Å². The van der Waals surface area contributed by atoms with E-state index < -0.39 is 17.5 Å². The van der Waals surface area contributed by atoms with Gasteiger partial charge in [0.15, 0.2) is 30.8 Å². The Morgan fingerprint density at radius 1 is 1.21 bits per heavy atom. The molecule has 4 aromatic rings.